The zero-order valence-electron chi connectivity index (χ0n) is 8.51. The van der Waals surface area contributed by atoms with E-state index in [0.29, 0.717) is 13.0 Å². The Bertz CT molecular complexity index is 357. The summed E-state index contributed by atoms with van der Waals surface area (Å²) in [6.45, 7) is 2.01. The standard InChI is InChI=1S/C11H12N2O2/c1-2-15-11(14)9(8-12)7-10-5-3-4-6-13-10/h3-6,9H,2,7H2,1H3. The molecule has 78 valence electrons. The van der Waals surface area contributed by atoms with Crippen molar-refractivity contribution in [2.45, 2.75) is 13.3 Å². The van der Waals surface area contributed by atoms with Gasteiger partial charge in [0, 0.05) is 18.3 Å². The van der Waals surface area contributed by atoms with Gasteiger partial charge in [-0.1, -0.05) is 6.07 Å². The summed E-state index contributed by atoms with van der Waals surface area (Å²) in [5.41, 5.74) is 0.720. The van der Waals surface area contributed by atoms with Crippen LogP contribution in [0.15, 0.2) is 24.4 Å². The molecule has 0 aliphatic heterocycles. The lowest BCUT2D eigenvalue weighted by Gasteiger charge is -2.07. The molecule has 0 radical (unpaired) electrons. The quantitative estimate of drug-likeness (QED) is 0.694. The third-order valence-electron chi connectivity index (χ3n) is 1.87. The normalized spacial score (nSPS) is 11.5. The van der Waals surface area contributed by atoms with Crippen molar-refractivity contribution in [2.75, 3.05) is 6.61 Å². The maximum Gasteiger partial charge on any atom is 0.323 e. The third kappa shape index (κ3) is 3.39. The van der Waals surface area contributed by atoms with Gasteiger partial charge in [-0.15, -0.1) is 0 Å². The van der Waals surface area contributed by atoms with Gasteiger partial charge in [0.25, 0.3) is 0 Å². The van der Waals surface area contributed by atoms with Gasteiger partial charge in [-0.2, -0.15) is 5.26 Å². The van der Waals surface area contributed by atoms with E-state index in [1.807, 2.05) is 12.1 Å². The number of hydrogen-bond donors (Lipinski definition) is 0. The molecule has 0 saturated heterocycles. The van der Waals surface area contributed by atoms with Gasteiger partial charge in [-0.05, 0) is 19.1 Å². The van der Waals surface area contributed by atoms with E-state index in [1.54, 1.807) is 25.3 Å². The van der Waals surface area contributed by atoms with Gasteiger partial charge in [0.05, 0.1) is 12.7 Å². The van der Waals surface area contributed by atoms with Gasteiger partial charge in [0.2, 0.25) is 0 Å². The Balaban J connectivity index is 2.63. The number of nitriles is 1. The van der Waals surface area contributed by atoms with Crippen LogP contribution in [0.5, 0.6) is 0 Å². The molecule has 0 spiro atoms. The van der Waals surface area contributed by atoms with Crippen LogP contribution in [-0.4, -0.2) is 17.6 Å². The molecular formula is C11H12N2O2. The second kappa shape index (κ2) is 5.76. The molecule has 0 bridgehead atoms. The first kappa shape index (κ1) is 11.2. The van der Waals surface area contributed by atoms with Gasteiger partial charge in [0.1, 0.15) is 5.92 Å². The average molecular weight is 204 g/mol. The van der Waals surface area contributed by atoms with Crippen LogP contribution in [0.3, 0.4) is 0 Å². The summed E-state index contributed by atoms with van der Waals surface area (Å²) in [6.07, 6.45) is 1.94. The molecule has 0 N–H and O–H groups in total. The predicted octanol–water partition coefficient (Wildman–Crippen LogP) is 1.33. The van der Waals surface area contributed by atoms with Crippen LogP contribution in [-0.2, 0) is 16.0 Å². The predicted molar refractivity (Wildman–Crippen MR) is 53.7 cm³/mol. The van der Waals surface area contributed by atoms with Crippen LogP contribution in [0, 0.1) is 17.2 Å². The molecule has 0 saturated carbocycles. The second-order valence-corrected chi connectivity index (χ2v) is 2.96. The van der Waals surface area contributed by atoms with E-state index in [1.165, 1.54) is 0 Å². The second-order valence-electron chi connectivity index (χ2n) is 2.96. The first-order chi connectivity index (χ1) is 7.27. The molecular weight excluding hydrogens is 192 g/mol. The van der Waals surface area contributed by atoms with E-state index in [-0.39, 0.29) is 0 Å². The molecule has 1 heterocycles. The lowest BCUT2D eigenvalue weighted by Crippen LogP contribution is -2.18. The molecule has 1 aromatic rings. The Labute approximate surface area is 88.5 Å². The molecule has 1 aromatic heterocycles. The minimum absolute atomic E-state index is 0.291. The zero-order chi connectivity index (χ0) is 11.1. The van der Waals surface area contributed by atoms with Crippen LogP contribution < -0.4 is 0 Å². The summed E-state index contributed by atoms with van der Waals surface area (Å²) in [5, 5.41) is 8.81. The van der Waals surface area contributed by atoms with E-state index >= 15 is 0 Å². The summed E-state index contributed by atoms with van der Waals surface area (Å²) >= 11 is 0. The number of esters is 1. The van der Waals surface area contributed by atoms with E-state index in [9.17, 15) is 4.79 Å². The molecule has 4 heteroatoms. The first-order valence-corrected chi connectivity index (χ1v) is 4.74. The summed E-state index contributed by atoms with van der Waals surface area (Å²) in [7, 11) is 0. The molecule has 1 rings (SSSR count). The minimum atomic E-state index is -0.764. The number of hydrogen-bond acceptors (Lipinski definition) is 4. The molecule has 0 amide bonds. The van der Waals surface area contributed by atoms with Crippen LogP contribution in [0.4, 0.5) is 0 Å². The Morgan fingerprint density at radius 1 is 1.67 bits per heavy atom. The molecule has 1 atom stereocenters. The van der Waals surface area contributed by atoms with Crippen molar-refractivity contribution in [3.8, 4) is 6.07 Å². The largest absolute Gasteiger partial charge is 0.465 e. The van der Waals surface area contributed by atoms with Gasteiger partial charge in [-0.25, -0.2) is 0 Å². The van der Waals surface area contributed by atoms with Crippen molar-refractivity contribution in [2.24, 2.45) is 5.92 Å². The molecule has 15 heavy (non-hydrogen) atoms. The van der Waals surface area contributed by atoms with E-state index in [4.69, 9.17) is 10.00 Å². The Morgan fingerprint density at radius 2 is 2.47 bits per heavy atom. The fourth-order valence-corrected chi connectivity index (χ4v) is 1.15. The fraction of sp³-hybridized carbons (Fsp3) is 0.364. The summed E-state index contributed by atoms with van der Waals surface area (Å²) in [6, 6.07) is 7.31. The molecule has 4 nitrogen and oxygen atoms in total. The molecule has 1 unspecified atom stereocenters. The number of pyridine rings is 1. The zero-order valence-corrected chi connectivity index (χ0v) is 8.51. The molecule has 0 aromatic carbocycles. The number of aromatic nitrogens is 1. The minimum Gasteiger partial charge on any atom is -0.465 e. The number of ether oxygens (including phenoxy) is 1. The Morgan fingerprint density at radius 3 is 3.00 bits per heavy atom. The van der Waals surface area contributed by atoms with Crippen molar-refractivity contribution in [3.05, 3.63) is 30.1 Å². The number of carbonyl (C=O) groups excluding carboxylic acids is 1. The first-order valence-electron chi connectivity index (χ1n) is 4.74. The summed E-state index contributed by atoms with van der Waals surface area (Å²) < 4.78 is 4.78. The third-order valence-corrected chi connectivity index (χ3v) is 1.87. The Hall–Kier alpha value is -1.89. The van der Waals surface area contributed by atoms with E-state index in [2.05, 4.69) is 4.98 Å². The van der Waals surface area contributed by atoms with E-state index < -0.39 is 11.9 Å². The van der Waals surface area contributed by atoms with Crippen molar-refractivity contribution in [3.63, 3.8) is 0 Å². The Kier molecular flexibility index (Phi) is 4.30. The van der Waals surface area contributed by atoms with Crippen LogP contribution in [0.25, 0.3) is 0 Å². The van der Waals surface area contributed by atoms with E-state index in [0.717, 1.165) is 5.69 Å². The fourth-order valence-electron chi connectivity index (χ4n) is 1.15. The van der Waals surface area contributed by atoms with Gasteiger partial charge >= 0.3 is 5.97 Å². The number of carbonyl (C=O) groups is 1. The van der Waals surface area contributed by atoms with Crippen LogP contribution in [0.2, 0.25) is 0 Å². The number of rotatable bonds is 4. The highest BCUT2D eigenvalue weighted by Gasteiger charge is 2.19. The highest BCUT2D eigenvalue weighted by molar-refractivity contribution is 5.75. The molecule has 0 aliphatic carbocycles. The maximum absolute atomic E-state index is 11.3. The highest BCUT2D eigenvalue weighted by atomic mass is 16.5. The SMILES string of the molecule is CCOC(=O)C(C#N)Cc1ccccn1. The summed E-state index contributed by atoms with van der Waals surface area (Å²) in [5.74, 6) is -1.24. The maximum atomic E-state index is 11.3. The van der Waals surface area contributed by atoms with Gasteiger partial charge in [0.15, 0.2) is 0 Å². The van der Waals surface area contributed by atoms with Crippen molar-refractivity contribution < 1.29 is 9.53 Å². The highest BCUT2D eigenvalue weighted by Crippen LogP contribution is 2.07. The van der Waals surface area contributed by atoms with Crippen molar-refractivity contribution in [1.29, 1.82) is 5.26 Å². The van der Waals surface area contributed by atoms with Crippen molar-refractivity contribution >= 4 is 5.97 Å². The number of nitrogens with zero attached hydrogens (tertiary/aromatic N) is 2. The monoisotopic (exact) mass is 204 g/mol. The van der Waals surface area contributed by atoms with Crippen LogP contribution in [0.1, 0.15) is 12.6 Å². The van der Waals surface area contributed by atoms with Gasteiger partial charge in [-0.3, -0.25) is 9.78 Å². The van der Waals surface area contributed by atoms with Crippen molar-refractivity contribution in [1.82, 2.24) is 4.98 Å². The van der Waals surface area contributed by atoms with Gasteiger partial charge < -0.3 is 4.74 Å². The van der Waals surface area contributed by atoms with Crippen LogP contribution >= 0.6 is 0 Å². The average Bonchev–Trinajstić information content (AvgIpc) is 2.27. The lowest BCUT2D eigenvalue weighted by molar-refractivity contribution is -0.145. The topological polar surface area (TPSA) is 63.0 Å². The molecule has 0 fully saturated rings. The summed E-state index contributed by atoms with van der Waals surface area (Å²) in [4.78, 5) is 15.4. The molecule has 0 aliphatic rings. The smallest absolute Gasteiger partial charge is 0.323 e. The lowest BCUT2D eigenvalue weighted by atomic mass is 10.1.